The Bertz CT molecular complexity index is 433. The number of benzene rings is 1. The van der Waals surface area contributed by atoms with Crippen molar-refractivity contribution < 1.29 is 9.90 Å². The fourth-order valence-corrected chi connectivity index (χ4v) is 2.09. The van der Waals surface area contributed by atoms with Gasteiger partial charge in [0.2, 0.25) is 0 Å². The Labute approximate surface area is 109 Å². The lowest BCUT2D eigenvalue weighted by Gasteiger charge is -2.26. The van der Waals surface area contributed by atoms with Crippen LogP contribution in [0.25, 0.3) is 0 Å². The molecule has 1 rings (SSSR count). The quantitative estimate of drug-likeness (QED) is 0.834. The van der Waals surface area contributed by atoms with Crippen LogP contribution in [-0.4, -0.2) is 29.4 Å². The van der Waals surface area contributed by atoms with Crippen LogP contribution in [0.5, 0.6) is 5.75 Å². The number of carbonyl (C=O) groups excluding carboxylic acids is 1. The van der Waals surface area contributed by atoms with Crippen LogP contribution in [0.1, 0.15) is 43.6 Å². The molecule has 1 aromatic carbocycles. The van der Waals surface area contributed by atoms with Gasteiger partial charge in [-0.25, -0.2) is 0 Å². The molecule has 0 aliphatic heterocycles. The van der Waals surface area contributed by atoms with Gasteiger partial charge in [0.15, 0.2) is 5.78 Å². The molecule has 0 saturated heterocycles. The van der Waals surface area contributed by atoms with Crippen LogP contribution in [0.15, 0.2) is 18.2 Å². The van der Waals surface area contributed by atoms with Gasteiger partial charge in [0, 0.05) is 24.2 Å². The Hall–Kier alpha value is -1.35. The molecule has 0 bridgehead atoms. The van der Waals surface area contributed by atoms with Crippen molar-refractivity contribution in [3.05, 3.63) is 29.3 Å². The summed E-state index contributed by atoms with van der Waals surface area (Å²) < 4.78 is 0. The summed E-state index contributed by atoms with van der Waals surface area (Å²) in [5, 5.41) is 9.83. The molecule has 1 N–H and O–H groups in total. The predicted octanol–water partition coefficient (Wildman–Crippen LogP) is 3.07. The number of nitrogens with zero attached hydrogens (tertiary/aromatic N) is 1. The summed E-state index contributed by atoms with van der Waals surface area (Å²) in [5.41, 5.74) is 1.66. The third-order valence-corrected chi connectivity index (χ3v) is 2.67. The van der Waals surface area contributed by atoms with Crippen LogP contribution < -0.4 is 0 Å². The van der Waals surface area contributed by atoms with Crippen molar-refractivity contribution in [3.8, 4) is 5.75 Å². The number of hydrogen-bond acceptors (Lipinski definition) is 3. The fourth-order valence-electron chi connectivity index (χ4n) is 2.09. The van der Waals surface area contributed by atoms with Gasteiger partial charge in [-0.15, -0.1) is 0 Å². The lowest BCUT2D eigenvalue weighted by molar-refractivity contribution is 0.101. The summed E-state index contributed by atoms with van der Waals surface area (Å²) in [5.74, 6) is 0.274. The van der Waals surface area contributed by atoms with Crippen molar-refractivity contribution in [1.29, 1.82) is 0 Å². The molecule has 0 spiro atoms. The van der Waals surface area contributed by atoms with E-state index in [4.69, 9.17) is 0 Å². The SMILES string of the molecule is CC(=O)c1ccc(O)c(CN(C)CC(C)(C)C)c1. The Morgan fingerprint density at radius 1 is 1.33 bits per heavy atom. The van der Waals surface area contributed by atoms with E-state index < -0.39 is 0 Å². The van der Waals surface area contributed by atoms with Crippen LogP contribution in [-0.2, 0) is 6.54 Å². The smallest absolute Gasteiger partial charge is 0.159 e. The van der Waals surface area contributed by atoms with Gasteiger partial charge < -0.3 is 10.0 Å². The second-order valence-corrected chi connectivity index (χ2v) is 6.13. The predicted molar refractivity (Wildman–Crippen MR) is 73.9 cm³/mol. The zero-order valence-corrected chi connectivity index (χ0v) is 11.9. The standard InChI is InChI=1S/C15H23NO2/c1-11(17)12-6-7-14(18)13(8-12)9-16(5)10-15(2,3)4/h6-8,18H,9-10H2,1-5H3. The Kier molecular flexibility index (Phi) is 4.52. The average Bonchev–Trinajstić information content (AvgIpc) is 2.18. The first-order valence-electron chi connectivity index (χ1n) is 6.20. The first kappa shape index (κ1) is 14.7. The van der Waals surface area contributed by atoms with E-state index in [0.717, 1.165) is 12.1 Å². The first-order chi connectivity index (χ1) is 8.19. The second-order valence-electron chi connectivity index (χ2n) is 6.13. The summed E-state index contributed by atoms with van der Waals surface area (Å²) in [7, 11) is 2.02. The van der Waals surface area contributed by atoms with Crippen molar-refractivity contribution in [2.45, 2.75) is 34.2 Å². The van der Waals surface area contributed by atoms with Crippen molar-refractivity contribution >= 4 is 5.78 Å². The highest BCUT2D eigenvalue weighted by molar-refractivity contribution is 5.94. The van der Waals surface area contributed by atoms with Crippen LogP contribution in [0, 0.1) is 5.41 Å². The van der Waals surface area contributed by atoms with Gasteiger partial charge in [-0.05, 0) is 37.6 Å². The summed E-state index contributed by atoms with van der Waals surface area (Å²) in [6, 6.07) is 5.03. The van der Waals surface area contributed by atoms with Gasteiger partial charge in [0.1, 0.15) is 5.75 Å². The van der Waals surface area contributed by atoms with E-state index in [1.54, 1.807) is 18.2 Å². The highest BCUT2D eigenvalue weighted by Crippen LogP contribution is 2.22. The van der Waals surface area contributed by atoms with Gasteiger partial charge in [-0.3, -0.25) is 4.79 Å². The Balaban J connectivity index is 2.83. The summed E-state index contributed by atoms with van der Waals surface area (Å²) in [6.45, 7) is 9.63. The minimum atomic E-state index is 0.0229. The monoisotopic (exact) mass is 249 g/mol. The molecule has 0 unspecified atom stereocenters. The fraction of sp³-hybridized carbons (Fsp3) is 0.533. The molecule has 3 heteroatoms. The average molecular weight is 249 g/mol. The molecule has 0 radical (unpaired) electrons. The molecule has 3 nitrogen and oxygen atoms in total. The largest absolute Gasteiger partial charge is 0.508 e. The Morgan fingerprint density at radius 2 is 1.94 bits per heavy atom. The molecule has 1 aromatic rings. The van der Waals surface area contributed by atoms with Gasteiger partial charge in [-0.2, -0.15) is 0 Å². The molecule has 100 valence electrons. The zero-order valence-electron chi connectivity index (χ0n) is 11.9. The van der Waals surface area contributed by atoms with E-state index in [9.17, 15) is 9.90 Å². The van der Waals surface area contributed by atoms with Crippen LogP contribution in [0.4, 0.5) is 0 Å². The van der Waals surface area contributed by atoms with Gasteiger partial charge in [-0.1, -0.05) is 20.8 Å². The van der Waals surface area contributed by atoms with Crippen molar-refractivity contribution in [1.82, 2.24) is 4.90 Å². The van der Waals surface area contributed by atoms with E-state index >= 15 is 0 Å². The number of phenolic OH excluding ortho intramolecular Hbond substituents is 1. The van der Waals surface area contributed by atoms with Crippen LogP contribution >= 0.6 is 0 Å². The highest BCUT2D eigenvalue weighted by Gasteiger charge is 2.15. The lowest BCUT2D eigenvalue weighted by atomic mass is 9.96. The van der Waals surface area contributed by atoms with Gasteiger partial charge in [0.05, 0.1) is 0 Å². The van der Waals surface area contributed by atoms with Crippen molar-refractivity contribution in [3.63, 3.8) is 0 Å². The number of carbonyl (C=O) groups is 1. The zero-order chi connectivity index (χ0) is 13.9. The summed E-state index contributed by atoms with van der Waals surface area (Å²) >= 11 is 0. The molecule has 0 aliphatic rings. The lowest BCUT2D eigenvalue weighted by Crippen LogP contribution is -2.28. The van der Waals surface area contributed by atoms with E-state index in [0.29, 0.717) is 12.1 Å². The van der Waals surface area contributed by atoms with Gasteiger partial charge >= 0.3 is 0 Å². The second kappa shape index (κ2) is 5.53. The van der Waals surface area contributed by atoms with Crippen molar-refractivity contribution in [2.75, 3.05) is 13.6 Å². The van der Waals surface area contributed by atoms with E-state index in [-0.39, 0.29) is 16.9 Å². The van der Waals surface area contributed by atoms with E-state index in [1.165, 1.54) is 6.92 Å². The molecule has 0 aromatic heterocycles. The number of rotatable bonds is 4. The van der Waals surface area contributed by atoms with Crippen LogP contribution in [0.3, 0.4) is 0 Å². The summed E-state index contributed by atoms with van der Waals surface area (Å²) in [6.07, 6.45) is 0. The topological polar surface area (TPSA) is 40.5 Å². The molecule has 0 saturated carbocycles. The highest BCUT2D eigenvalue weighted by atomic mass is 16.3. The van der Waals surface area contributed by atoms with E-state index in [2.05, 4.69) is 25.7 Å². The van der Waals surface area contributed by atoms with Crippen molar-refractivity contribution in [2.24, 2.45) is 5.41 Å². The maximum absolute atomic E-state index is 11.3. The number of hydrogen-bond donors (Lipinski definition) is 1. The molecule has 0 fully saturated rings. The number of phenols is 1. The Morgan fingerprint density at radius 3 is 2.44 bits per heavy atom. The minimum Gasteiger partial charge on any atom is -0.508 e. The summed E-state index contributed by atoms with van der Waals surface area (Å²) in [4.78, 5) is 13.5. The third kappa shape index (κ3) is 4.49. The molecular formula is C15H23NO2. The normalized spacial score (nSPS) is 11.9. The first-order valence-corrected chi connectivity index (χ1v) is 6.20. The maximum Gasteiger partial charge on any atom is 0.159 e. The van der Waals surface area contributed by atoms with Gasteiger partial charge in [0.25, 0.3) is 0 Å². The third-order valence-electron chi connectivity index (χ3n) is 2.67. The molecule has 18 heavy (non-hydrogen) atoms. The molecular weight excluding hydrogens is 226 g/mol. The molecule has 0 heterocycles. The molecule has 0 amide bonds. The number of aromatic hydroxyl groups is 1. The van der Waals surface area contributed by atoms with E-state index in [1.807, 2.05) is 7.05 Å². The molecule has 0 atom stereocenters. The van der Waals surface area contributed by atoms with Crippen LogP contribution in [0.2, 0.25) is 0 Å². The number of Topliss-reactive ketones (excluding diaryl/α,β-unsaturated/α-hetero) is 1. The maximum atomic E-state index is 11.3. The minimum absolute atomic E-state index is 0.0229. The molecule has 0 aliphatic carbocycles. The number of ketones is 1.